The average molecular weight is 397 g/mol. The first kappa shape index (κ1) is 21.5. The molecule has 1 aromatic carbocycles. The number of nitrogens with one attached hydrogen (secondary N) is 2. The monoisotopic (exact) mass is 396 g/mol. The van der Waals surface area contributed by atoms with Crippen LogP contribution in [0.25, 0.3) is 0 Å². The Morgan fingerprint density at radius 2 is 2.04 bits per heavy atom. The molecule has 0 saturated carbocycles. The highest BCUT2D eigenvalue weighted by molar-refractivity contribution is 7.92. The molecule has 152 valence electrons. The van der Waals surface area contributed by atoms with Gasteiger partial charge in [0.25, 0.3) is 0 Å². The number of aliphatic imine (C=N–C) groups is 1. The molecule has 0 aliphatic carbocycles. The van der Waals surface area contributed by atoms with Gasteiger partial charge in [0.05, 0.1) is 11.4 Å². The Morgan fingerprint density at radius 1 is 1.22 bits per heavy atom. The minimum absolute atomic E-state index is 0.0378. The highest BCUT2D eigenvalue weighted by Crippen LogP contribution is 2.29. The minimum Gasteiger partial charge on any atom is -0.382 e. The van der Waals surface area contributed by atoms with E-state index in [2.05, 4.69) is 15.6 Å². The van der Waals surface area contributed by atoms with E-state index in [1.165, 1.54) is 4.31 Å². The molecule has 0 unspecified atom stereocenters. The van der Waals surface area contributed by atoms with Crippen LogP contribution < -0.4 is 14.9 Å². The number of ether oxygens (including phenoxy) is 1. The Balaban J connectivity index is 1.81. The molecule has 0 fully saturated rings. The van der Waals surface area contributed by atoms with Crippen molar-refractivity contribution in [2.75, 3.05) is 49.5 Å². The Hall–Kier alpha value is -1.80. The fourth-order valence-corrected chi connectivity index (χ4v) is 4.43. The number of fused-ring (bicyclic) bond motifs is 1. The van der Waals surface area contributed by atoms with Crippen molar-refractivity contribution in [3.63, 3.8) is 0 Å². The summed E-state index contributed by atoms with van der Waals surface area (Å²) in [5, 5.41) is 6.28. The lowest BCUT2D eigenvalue weighted by Crippen LogP contribution is -2.42. The number of benzene rings is 1. The fraction of sp³-hybridized carbons (Fsp3) is 0.632. The van der Waals surface area contributed by atoms with Crippen LogP contribution in [0.1, 0.15) is 32.3 Å². The van der Waals surface area contributed by atoms with Crippen LogP contribution in [0.15, 0.2) is 29.3 Å². The van der Waals surface area contributed by atoms with E-state index in [0.717, 1.165) is 50.3 Å². The largest absolute Gasteiger partial charge is 0.382 e. The van der Waals surface area contributed by atoms with E-state index in [4.69, 9.17) is 4.74 Å². The lowest BCUT2D eigenvalue weighted by Gasteiger charge is -2.20. The van der Waals surface area contributed by atoms with E-state index >= 15 is 0 Å². The van der Waals surface area contributed by atoms with Crippen molar-refractivity contribution in [1.29, 1.82) is 0 Å². The number of anilines is 1. The molecule has 27 heavy (non-hydrogen) atoms. The molecule has 0 saturated heterocycles. The molecule has 0 atom stereocenters. The summed E-state index contributed by atoms with van der Waals surface area (Å²) in [5.74, 6) is 0.696. The Labute approximate surface area is 163 Å². The first-order valence-electron chi connectivity index (χ1n) is 9.76. The van der Waals surface area contributed by atoms with Crippen LogP contribution in [0.2, 0.25) is 0 Å². The maximum absolute atomic E-state index is 12.7. The molecule has 8 heteroatoms. The van der Waals surface area contributed by atoms with E-state index in [0.29, 0.717) is 25.6 Å². The number of hydrogen-bond acceptors (Lipinski definition) is 4. The number of unbranched alkanes of at least 4 members (excludes halogenated alkanes) is 1. The summed E-state index contributed by atoms with van der Waals surface area (Å²) in [6.45, 7) is 7.74. The number of para-hydroxylation sites is 1. The number of rotatable bonds is 11. The molecule has 7 nitrogen and oxygen atoms in total. The first-order valence-corrected chi connectivity index (χ1v) is 11.4. The normalized spacial score (nSPS) is 14.3. The molecular formula is C19H32N4O3S. The molecule has 0 bridgehead atoms. The van der Waals surface area contributed by atoms with Gasteiger partial charge in [-0.1, -0.05) is 18.2 Å². The van der Waals surface area contributed by atoms with Gasteiger partial charge >= 0.3 is 0 Å². The van der Waals surface area contributed by atoms with Gasteiger partial charge in [0, 0.05) is 39.4 Å². The molecule has 0 amide bonds. The summed E-state index contributed by atoms with van der Waals surface area (Å²) in [7, 11) is -3.35. The minimum atomic E-state index is -3.35. The molecule has 0 radical (unpaired) electrons. The summed E-state index contributed by atoms with van der Waals surface area (Å²) < 4.78 is 32.3. The number of nitrogens with zero attached hydrogens (tertiary/aromatic N) is 2. The van der Waals surface area contributed by atoms with Crippen molar-refractivity contribution in [2.45, 2.75) is 33.1 Å². The van der Waals surface area contributed by atoms with Crippen LogP contribution in [0, 0.1) is 0 Å². The predicted molar refractivity (Wildman–Crippen MR) is 111 cm³/mol. The SMILES string of the molecule is CCNC(=NCCCCOCC)NCCS(=O)(=O)N1CCc2ccccc21. The summed E-state index contributed by atoms with van der Waals surface area (Å²) in [4.78, 5) is 4.49. The maximum atomic E-state index is 12.7. The standard InChI is InChI=1S/C19H32N4O3S/c1-3-20-19(21-12-7-8-15-26-4-2)22-13-16-27(24,25)23-14-11-17-9-5-6-10-18(17)23/h5-6,9-10H,3-4,7-8,11-16H2,1-2H3,(H2,20,21,22). The summed E-state index contributed by atoms with van der Waals surface area (Å²) >= 11 is 0. The van der Waals surface area contributed by atoms with Gasteiger partial charge in [-0.25, -0.2) is 8.42 Å². The zero-order valence-electron chi connectivity index (χ0n) is 16.4. The topological polar surface area (TPSA) is 83.0 Å². The second kappa shape index (κ2) is 11.1. The molecule has 2 N–H and O–H groups in total. The molecule has 0 spiro atoms. The zero-order valence-corrected chi connectivity index (χ0v) is 17.2. The van der Waals surface area contributed by atoms with E-state index in [-0.39, 0.29) is 5.75 Å². The first-order chi connectivity index (χ1) is 13.1. The van der Waals surface area contributed by atoms with Gasteiger partial charge in [-0.05, 0) is 44.7 Å². The second-order valence-electron chi connectivity index (χ2n) is 6.36. The Bertz CT molecular complexity index is 707. The lowest BCUT2D eigenvalue weighted by molar-refractivity contribution is 0.144. The van der Waals surface area contributed by atoms with Crippen LogP contribution in [-0.2, 0) is 21.2 Å². The third kappa shape index (κ3) is 6.70. The fourth-order valence-electron chi connectivity index (χ4n) is 3.00. The van der Waals surface area contributed by atoms with Crippen molar-refractivity contribution in [2.24, 2.45) is 4.99 Å². The van der Waals surface area contributed by atoms with Gasteiger partial charge in [0.2, 0.25) is 10.0 Å². The quantitative estimate of drug-likeness (QED) is 0.338. The van der Waals surface area contributed by atoms with Crippen LogP contribution in [0.4, 0.5) is 5.69 Å². The van der Waals surface area contributed by atoms with Crippen LogP contribution in [0.3, 0.4) is 0 Å². The molecule has 1 aliphatic rings. The van der Waals surface area contributed by atoms with Crippen molar-refractivity contribution in [1.82, 2.24) is 10.6 Å². The lowest BCUT2D eigenvalue weighted by atomic mass is 10.2. The summed E-state index contributed by atoms with van der Waals surface area (Å²) in [6, 6.07) is 7.70. The second-order valence-corrected chi connectivity index (χ2v) is 8.37. The van der Waals surface area contributed by atoms with Crippen LogP contribution >= 0.6 is 0 Å². The van der Waals surface area contributed by atoms with Gasteiger partial charge in [-0.15, -0.1) is 0 Å². The van der Waals surface area contributed by atoms with E-state index in [9.17, 15) is 8.42 Å². The van der Waals surface area contributed by atoms with Gasteiger partial charge in [-0.3, -0.25) is 9.30 Å². The molecule has 1 heterocycles. The van der Waals surface area contributed by atoms with Gasteiger partial charge < -0.3 is 15.4 Å². The molecule has 1 aromatic rings. The molecular weight excluding hydrogens is 364 g/mol. The number of guanidine groups is 1. The molecule has 2 rings (SSSR count). The van der Waals surface area contributed by atoms with Gasteiger partial charge in [0.15, 0.2) is 5.96 Å². The third-order valence-corrected chi connectivity index (χ3v) is 6.12. The zero-order chi connectivity index (χ0) is 19.5. The van der Waals surface area contributed by atoms with Gasteiger partial charge in [-0.2, -0.15) is 0 Å². The van der Waals surface area contributed by atoms with Crippen LogP contribution in [0.5, 0.6) is 0 Å². The van der Waals surface area contributed by atoms with Gasteiger partial charge in [0.1, 0.15) is 0 Å². The third-order valence-electron chi connectivity index (χ3n) is 4.35. The highest BCUT2D eigenvalue weighted by atomic mass is 32.2. The predicted octanol–water partition coefficient (Wildman–Crippen LogP) is 1.75. The van der Waals surface area contributed by atoms with E-state index in [1.54, 1.807) is 0 Å². The summed E-state index contributed by atoms with van der Waals surface area (Å²) in [6.07, 6.45) is 2.69. The van der Waals surface area contributed by atoms with Crippen molar-refractivity contribution in [3.05, 3.63) is 29.8 Å². The number of hydrogen-bond donors (Lipinski definition) is 2. The van der Waals surface area contributed by atoms with Crippen molar-refractivity contribution < 1.29 is 13.2 Å². The van der Waals surface area contributed by atoms with Crippen molar-refractivity contribution in [3.8, 4) is 0 Å². The maximum Gasteiger partial charge on any atom is 0.236 e. The molecule has 1 aliphatic heterocycles. The van der Waals surface area contributed by atoms with E-state index < -0.39 is 10.0 Å². The average Bonchev–Trinajstić information content (AvgIpc) is 3.09. The smallest absolute Gasteiger partial charge is 0.236 e. The Kier molecular flexibility index (Phi) is 8.87. The highest BCUT2D eigenvalue weighted by Gasteiger charge is 2.28. The number of sulfonamides is 1. The Morgan fingerprint density at radius 3 is 2.81 bits per heavy atom. The summed E-state index contributed by atoms with van der Waals surface area (Å²) in [5.41, 5.74) is 1.91. The van der Waals surface area contributed by atoms with E-state index in [1.807, 2.05) is 38.1 Å². The molecule has 0 aromatic heterocycles. The van der Waals surface area contributed by atoms with Crippen molar-refractivity contribution >= 4 is 21.7 Å². The van der Waals surface area contributed by atoms with Crippen LogP contribution in [-0.4, -0.2) is 59.5 Å².